The van der Waals surface area contributed by atoms with Gasteiger partial charge in [0.25, 0.3) is 0 Å². The lowest BCUT2D eigenvalue weighted by molar-refractivity contribution is -0.433. The molecule has 2 unspecified atom stereocenters. The predicted molar refractivity (Wildman–Crippen MR) is 67.8 cm³/mol. The quantitative estimate of drug-likeness (QED) is 0.406. The zero-order chi connectivity index (χ0) is 15.3. The molecule has 0 aliphatic heterocycles. The van der Waals surface area contributed by atoms with E-state index < -0.39 is 34.3 Å². The van der Waals surface area contributed by atoms with Crippen LogP contribution in [0, 0.1) is 11.8 Å². The second-order valence-corrected chi connectivity index (χ2v) is 7.48. The van der Waals surface area contributed by atoms with Crippen LogP contribution < -0.4 is 5.32 Å². The summed E-state index contributed by atoms with van der Waals surface area (Å²) in [6, 6.07) is 0. The Morgan fingerprint density at radius 2 is 1.90 bits per heavy atom. The largest absolute Gasteiger partial charge is 0.397 e. The summed E-state index contributed by atoms with van der Waals surface area (Å²) in [6.07, 6.45) is 3.93. The first-order chi connectivity index (χ1) is 9.76. The Labute approximate surface area is 124 Å². The monoisotopic (exact) mass is 325 g/mol. The van der Waals surface area contributed by atoms with Gasteiger partial charge in [-0.1, -0.05) is 5.04 Å². The van der Waals surface area contributed by atoms with Crippen molar-refractivity contribution < 1.29 is 33.3 Å². The number of carbonyl (C=O) groups is 1. The summed E-state index contributed by atoms with van der Waals surface area (Å²) in [5, 5.41) is 20.0. The third-order valence-corrected chi connectivity index (χ3v) is 5.37. The second-order valence-electron chi connectivity index (χ2n) is 6.66. The minimum absolute atomic E-state index is 0.273. The van der Waals surface area contributed by atoms with E-state index in [0.717, 1.165) is 6.42 Å². The first-order valence-electron chi connectivity index (χ1n) is 6.85. The van der Waals surface area contributed by atoms with Crippen molar-refractivity contribution in [2.75, 3.05) is 0 Å². The van der Waals surface area contributed by atoms with E-state index in [2.05, 4.69) is 14.7 Å². The number of hydrogen-bond donors (Lipinski definition) is 3. The molecule has 6 nitrogen and oxygen atoms in total. The van der Waals surface area contributed by atoms with Gasteiger partial charge in [-0.3, -0.25) is 4.79 Å². The molecular weight excluding hydrogens is 308 g/mol. The minimum atomic E-state index is -3.88. The molecule has 0 spiro atoms. The van der Waals surface area contributed by atoms with Gasteiger partial charge in [0.05, 0.1) is 5.60 Å². The van der Waals surface area contributed by atoms with Crippen LogP contribution in [0.2, 0.25) is 0 Å². The molecule has 0 saturated heterocycles. The van der Waals surface area contributed by atoms with E-state index in [9.17, 15) is 18.7 Å². The fourth-order valence-electron chi connectivity index (χ4n) is 4.77. The maximum atomic E-state index is 13.6. The van der Waals surface area contributed by atoms with Crippen LogP contribution in [-0.4, -0.2) is 32.7 Å². The highest BCUT2D eigenvalue weighted by Crippen LogP contribution is 2.57. The average Bonchev–Trinajstić information content (AvgIpc) is 2.32. The van der Waals surface area contributed by atoms with Gasteiger partial charge in [-0.25, -0.2) is 5.26 Å². The fourth-order valence-corrected chi connectivity index (χ4v) is 5.01. The molecule has 1 amide bonds. The van der Waals surface area contributed by atoms with Gasteiger partial charge in [-0.15, -0.1) is 4.33 Å². The predicted octanol–water partition coefficient (Wildman–Crippen LogP) is 1.85. The van der Waals surface area contributed by atoms with Crippen LogP contribution >= 0.6 is 12.0 Å². The lowest BCUT2D eigenvalue weighted by Gasteiger charge is -2.60. The first kappa shape index (κ1) is 15.4. The zero-order valence-corrected chi connectivity index (χ0v) is 12.0. The molecule has 9 heteroatoms. The van der Waals surface area contributed by atoms with Crippen molar-refractivity contribution >= 4 is 17.9 Å². The van der Waals surface area contributed by atoms with Gasteiger partial charge in [0.15, 0.2) is 0 Å². The molecule has 21 heavy (non-hydrogen) atoms. The molecule has 0 aromatic heterocycles. The highest BCUT2D eigenvalue weighted by atomic mass is 32.2. The van der Waals surface area contributed by atoms with Gasteiger partial charge < -0.3 is 10.4 Å². The second kappa shape index (κ2) is 5.02. The normalized spacial score (nSPS) is 41.3. The van der Waals surface area contributed by atoms with E-state index in [1.165, 1.54) is 0 Å². The van der Waals surface area contributed by atoms with E-state index in [1.54, 1.807) is 0 Å². The van der Waals surface area contributed by atoms with Crippen molar-refractivity contribution in [1.82, 2.24) is 5.32 Å². The third kappa shape index (κ3) is 2.89. The number of amides is 1. The van der Waals surface area contributed by atoms with Gasteiger partial charge in [0.2, 0.25) is 0 Å². The van der Waals surface area contributed by atoms with Crippen LogP contribution in [0.3, 0.4) is 0 Å². The smallest absolute Gasteiger partial charge is 0.390 e. The van der Waals surface area contributed by atoms with E-state index in [4.69, 9.17) is 5.26 Å². The number of rotatable bonds is 5. The van der Waals surface area contributed by atoms with Crippen molar-refractivity contribution in [3.8, 4) is 0 Å². The molecule has 3 N–H and O–H groups in total. The molecule has 4 aliphatic carbocycles. The Kier molecular flexibility index (Phi) is 3.69. The Bertz CT molecular complexity index is 435. The van der Waals surface area contributed by atoms with E-state index in [-0.39, 0.29) is 11.8 Å². The van der Waals surface area contributed by atoms with Crippen LogP contribution in [0.25, 0.3) is 0 Å². The van der Waals surface area contributed by atoms with Crippen molar-refractivity contribution in [2.45, 2.75) is 54.9 Å². The molecule has 2 atom stereocenters. The van der Waals surface area contributed by atoms with Crippen molar-refractivity contribution in [1.29, 1.82) is 0 Å². The summed E-state index contributed by atoms with van der Waals surface area (Å²) in [5.41, 5.74) is -1.61. The summed E-state index contributed by atoms with van der Waals surface area (Å²) >= 11 is -0.566. The SMILES string of the molecule is O=C(NC12CC3CC(CC(O)(C3)C1)C2)C(F)(F)SOOO. The van der Waals surface area contributed by atoms with Gasteiger partial charge in [0.1, 0.15) is 12.0 Å². The Balaban J connectivity index is 1.71. The lowest BCUT2D eigenvalue weighted by atomic mass is 9.51. The highest BCUT2D eigenvalue weighted by Gasteiger charge is 2.59. The van der Waals surface area contributed by atoms with Gasteiger partial charge in [0, 0.05) is 5.54 Å². The molecule has 4 bridgehead atoms. The van der Waals surface area contributed by atoms with Gasteiger partial charge in [-0.05, 0) is 50.4 Å². The van der Waals surface area contributed by atoms with Crippen LogP contribution in [0.4, 0.5) is 8.78 Å². The minimum Gasteiger partial charge on any atom is -0.390 e. The summed E-state index contributed by atoms with van der Waals surface area (Å²) in [6.45, 7) is 0. The average molecular weight is 325 g/mol. The van der Waals surface area contributed by atoms with Crippen LogP contribution in [0.1, 0.15) is 38.5 Å². The van der Waals surface area contributed by atoms with Gasteiger partial charge in [-0.2, -0.15) is 8.78 Å². The summed E-state index contributed by atoms with van der Waals surface area (Å²) in [7, 11) is 0. The fraction of sp³-hybridized carbons (Fsp3) is 0.917. The molecule has 4 aliphatic rings. The number of halogens is 2. The molecule has 120 valence electrons. The Morgan fingerprint density at radius 3 is 2.43 bits per heavy atom. The molecule has 4 rings (SSSR count). The zero-order valence-electron chi connectivity index (χ0n) is 11.2. The Hall–Kier alpha value is -0.480. The summed E-state index contributed by atoms with van der Waals surface area (Å²) in [5.74, 6) is -0.945. The third-order valence-electron chi connectivity index (χ3n) is 4.84. The Morgan fingerprint density at radius 1 is 1.29 bits per heavy atom. The summed E-state index contributed by atoms with van der Waals surface area (Å²) in [4.78, 5) is 11.8. The molecule has 0 heterocycles. The maximum Gasteiger partial charge on any atom is 0.397 e. The summed E-state index contributed by atoms with van der Waals surface area (Å²) < 4.78 is 30.8. The van der Waals surface area contributed by atoms with Crippen LogP contribution in [-0.2, 0) is 14.2 Å². The van der Waals surface area contributed by atoms with E-state index in [0.29, 0.717) is 32.1 Å². The van der Waals surface area contributed by atoms with Crippen molar-refractivity contribution in [3.05, 3.63) is 0 Å². The van der Waals surface area contributed by atoms with Crippen LogP contribution in [0.15, 0.2) is 0 Å². The number of aliphatic hydroxyl groups is 1. The van der Waals surface area contributed by atoms with E-state index >= 15 is 0 Å². The number of carbonyl (C=O) groups excluding carboxylic acids is 1. The molecular formula is C12H17F2NO5S. The van der Waals surface area contributed by atoms with Crippen molar-refractivity contribution in [3.63, 3.8) is 0 Å². The van der Waals surface area contributed by atoms with E-state index in [1.807, 2.05) is 0 Å². The number of nitrogens with one attached hydrogen (secondary N) is 1. The van der Waals surface area contributed by atoms with Crippen molar-refractivity contribution in [2.24, 2.45) is 11.8 Å². The number of alkyl halides is 2. The first-order valence-corrected chi connectivity index (χ1v) is 7.59. The molecule has 4 fully saturated rings. The number of hydrogen-bond acceptors (Lipinski definition) is 6. The molecule has 0 aromatic rings. The topological polar surface area (TPSA) is 88.0 Å². The standard InChI is InChI=1S/C12H17F2NO5S/c13-12(14,21-20-19-18)9(16)15-10-2-7-1-8(3-10)5-11(17,4-7)6-10/h7-8,17-18H,1-6H2,(H,15,16). The highest BCUT2D eigenvalue weighted by molar-refractivity contribution is 7.96. The van der Waals surface area contributed by atoms with Crippen LogP contribution in [0.5, 0.6) is 0 Å². The molecule has 4 saturated carbocycles. The maximum absolute atomic E-state index is 13.6. The molecule has 0 radical (unpaired) electrons. The van der Waals surface area contributed by atoms with Gasteiger partial charge >= 0.3 is 11.2 Å². The lowest BCUT2D eigenvalue weighted by Crippen LogP contribution is -2.66. The molecule has 0 aromatic carbocycles.